The Morgan fingerprint density at radius 2 is 2.11 bits per heavy atom. The molecule has 1 aliphatic carbocycles. The van der Waals surface area contributed by atoms with Crippen LogP contribution in [0, 0.1) is 0 Å². The second-order valence-electron chi connectivity index (χ2n) is 4.66. The van der Waals surface area contributed by atoms with Crippen LogP contribution in [-0.2, 0) is 12.8 Å². The Morgan fingerprint density at radius 1 is 1.16 bits per heavy atom. The number of carbonyl (C=O) groups excluding carboxylic acids is 1. The van der Waals surface area contributed by atoms with Crippen molar-refractivity contribution in [2.24, 2.45) is 0 Å². The molecule has 0 N–H and O–H groups in total. The molecule has 1 heterocycles. The van der Waals surface area contributed by atoms with E-state index >= 15 is 0 Å². The predicted molar refractivity (Wildman–Crippen MR) is 72.5 cm³/mol. The summed E-state index contributed by atoms with van der Waals surface area (Å²) < 4.78 is 5.72. The van der Waals surface area contributed by atoms with Gasteiger partial charge in [-0.25, -0.2) is 0 Å². The quantitative estimate of drug-likeness (QED) is 0.841. The lowest BCUT2D eigenvalue weighted by Gasteiger charge is -2.07. The van der Waals surface area contributed by atoms with Crippen LogP contribution in [0.1, 0.15) is 28.0 Å². The van der Waals surface area contributed by atoms with E-state index in [9.17, 15) is 4.79 Å². The van der Waals surface area contributed by atoms with Gasteiger partial charge >= 0.3 is 0 Å². The van der Waals surface area contributed by atoms with E-state index in [-0.39, 0.29) is 5.78 Å². The molecule has 0 atom stereocenters. The summed E-state index contributed by atoms with van der Waals surface area (Å²) in [5, 5.41) is 0. The summed E-state index contributed by atoms with van der Waals surface area (Å²) in [6, 6.07) is 11.6. The van der Waals surface area contributed by atoms with Gasteiger partial charge < -0.3 is 4.74 Å². The predicted octanol–water partition coefficient (Wildman–Crippen LogP) is 2.83. The fourth-order valence-electron chi connectivity index (χ4n) is 2.34. The van der Waals surface area contributed by atoms with Gasteiger partial charge in [0.25, 0.3) is 0 Å². The SMILES string of the molecule is O=C1CCc2cc(OCCc3ccccn3)ccc21. The largest absolute Gasteiger partial charge is 0.493 e. The maximum atomic E-state index is 11.5. The minimum Gasteiger partial charge on any atom is -0.493 e. The lowest BCUT2D eigenvalue weighted by Crippen LogP contribution is -2.03. The zero-order chi connectivity index (χ0) is 13.1. The molecular formula is C16H15NO2. The molecule has 3 rings (SSSR count). The highest BCUT2D eigenvalue weighted by Gasteiger charge is 2.19. The van der Waals surface area contributed by atoms with Gasteiger partial charge in [0.2, 0.25) is 0 Å². The molecule has 1 aliphatic rings. The first-order valence-corrected chi connectivity index (χ1v) is 6.52. The van der Waals surface area contributed by atoms with Gasteiger partial charge in [-0.1, -0.05) is 6.07 Å². The number of ketones is 1. The Labute approximate surface area is 112 Å². The van der Waals surface area contributed by atoms with Crippen LogP contribution >= 0.6 is 0 Å². The average Bonchev–Trinajstić information content (AvgIpc) is 2.81. The van der Waals surface area contributed by atoms with Crippen molar-refractivity contribution in [1.82, 2.24) is 4.98 Å². The van der Waals surface area contributed by atoms with Gasteiger partial charge in [0.05, 0.1) is 6.61 Å². The number of fused-ring (bicyclic) bond motifs is 1. The maximum Gasteiger partial charge on any atom is 0.163 e. The van der Waals surface area contributed by atoms with Crippen molar-refractivity contribution in [2.75, 3.05) is 6.61 Å². The van der Waals surface area contributed by atoms with Crippen LogP contribution in [0.5, 0.6) is 5.75 Å². The number of hydrogen-bond donors (Lipinski definition) is 0. The lowest BCUT2D eigenvalue weighted by molar-refractivity contribution is 0.0994. The molecule has 0 unspecified atom stereocenters. The number of benzene rings is 1. The van der Waals surface area contributed by atoms with E-state index < -0.39 is 0 Å². The van der Waals surface area contributed by atoms with Crippen LogP contribution in [0.25, 0.3) is 0 Å². The molecule has 0 aliphatic heterocycles. The first kappa shape index (κ1) is 11.9. The van der Waals surface area contributed by atoms with Crippen molar-refractivity contribution < 1.29 is 9.53 Å². The number of hydrogen-bond acceptors (Lipinski definition) is 3. The molecule has 19 heavy (non-hydrogen) atoms. The van der Waals surface area contributed by atoms with Crippen LogP contribution in [-0.4, -0.2) is 17.4 Å². The summed E-state index contributed by atoms with van der Waals surface area (Å²) in [6.07, 6.45) is 4.05. The van der Waals surface area contributed by atoms with E-state index in [0.29, 0.717) is 13.0 Å². The molecule has 1 aromatic carbocycles. The minimum absolute atomic E-state index is 0.245. The van der Waals surface area contributed by atoms with Crippen molar-refractivity contribution in [3.63, 3.8) is 0 Å². The highest BCUT2D eigenvalue weighted by Crippen LogP contribution is 2.26. The van der Waals surface area contributed by atoms with Crippen molar-refractivity contribution in [3.05, 3.63) is 59.4 Å². The summed E-state index contributed by atoms with van der Waals surface area (Å²) in [5.41, 5.74) is 3.00. The minimum atomic E-state index is 0.245. The highest BCUT2D eigenvalue weighted by molar-refractivity contribution is 6.00. The number of ether oxygens (including phenoxy) is 1. The molecule has 0 saturated heterocycles. The van der Waals surface area contributed by atoms with Crippen molar-refractivity contribution >= 4 is 5.78 Å². The topological polar surface area (TPSA) is 39.2 Å². The molecule has 0 radical (unpaired) electrons. The first-order valence-electron chi connectivity index (χ1n) is 6.52. The smallest absolute Gasteiger partial charge is 0.163 e. The number of aryl methyl sites for hydroxylation is 1. The van der Waals surface area contributed by atoms with Crippen molar-refractivity contribution in [3.8, 4) is 5.75 Å². The van der Waals surface area contributed by atoms with Gasteiger partial charge in [0.15, 0.2) is 5.78 Å². The van der Waals surface area contributed by atoms with Crippen LogP contribution in [0.4, 0.5) is 0 Å². The van der Waals surface area contributed by atoms with Gasteiger partial charge in [-0.05, 0) is 42.3 Å². The fourth-order valence-corrected chi connectivity index (χ4v) is 2.34. The van der Waals surface area contributed by atoms with Gasteiger partial charge in [-0.3, -0.25) is 9.78 Å². The molecule has 0 fully saturated rings. The summed E-state index contributed by atoms with van der Waals surface area (Å²) in [7, 11) is 0. The van der Waals surface area contributed by atoms with Gasteiger partial charge in [-0.2, -0.15) is 0 Å². The molecule has 3 heteroatoms. The Hall–Kier alpha value is -2.16. The number of rotatable bonds is 4. The molecular weight excluding hydrogens is 238 g/mol. The number of carbonyl (C=O) groups is 1. The number of Topliss-reactive ketones (excluding diaryl/α,β-unsaturated/α-hetero) is 1. The van der Waals surface area contributed by atoms with E-state index in [0.717, 1.165) is 35.4 Å². The van der Waals surface area contributed by atoms with E-state index in [4.69, 9.17) is 4.74 Å². The lowest BCUT2D eigenvalue weighted by atomic mass is 10.1. The van der Waals surface area contributed by atoms with Crippen LogP contribution in [0.15, 0.2) is 42.6 Å². The third-order valence-corrected chi connectivity index (χ3v) is 3.35. The molecule has 0 spiro atoms. The van der Waals surface area contributed by atoms with E-state index in [1.54, 1.807) is 6.20 Å². The zero-order valence-corrected chi connectivity index (χ0v) is 10.6. The Bertz CT molecular complexity index is 593. The van der Waals surface area contributed by atoms with Gasteiger partial charge in [0.1, 0.15) is 5.75 Å². The second kappa shape index (κ2) is 5.22. The van der Waals surface area contributed by atoms with Crippen molar-refractivity contribution in [2.45, 2.75) is 19.3 Å². The molecule has 3 nitrogen and oxygen atoms in total. The van der Waals surface area contributed by atoms with E-state index in [2.05, 4.69) is 4.98 Å². The molecule has 96 valence electrons. The number of pyridine rings is 1. The summed E-state index contributed by atoms with van der Waals surface area (Å²) in [6.45, 7) is 0.601. The van der Waals surface area contributed by atoms with E-state index in [1.807, 2.05) is 36.4 Å². The van der Waals surface area contributed by atoms with Crippen LogP contribution in [0.3, 0.4) is 0 Å². The van der Waals surface area contributed by atoms with E-state index in [1.165, 1.54) is 0 Å². The number of aromatic nitrogens is 1. The van der Waals surface area contributed by atoms with Crippen molar-refractivity contribution in [1.29, 1.82) is 0 Å². The monoisotopic (exact) mass is 253 g/mol. The molecule has 0 bridgehead atoms. The normalized spacial score (nSPS) is 13.4. The fraction of sp³-hybridized carbons (Fsp3) is 0.250. The number of nitrogens with zero attached hydrogens (tertiary/aromatic N) is 1. The third-order valence-electron chi connectivity index (χ3n) is 3.35. The summed E-state index contributed by atoms with van der Waals surface area (Å²) in [4.78, 5) is 15.8. The molecule has 0 saturated carbocycles. The second-order valence-corrected chi connectivity index (χ2v) is 4.66. The Morgan fingerprint density at radius 3 is 2.95 bits per heavy atom. The standard InChI is InChI=1S/C16H15NO2/c18-16-7-4-12-11-14(5-6-15(12)16)19-10-8-13-3-1-2-9-17-13/h1-3,5-6,9,11H,4,7-8,10H2. The van der Waals surface area contributed by atoms with Gasteiger partial charge in [-0.15, -0.1) is 0 Å². The van der Waals surface area contributed by atoms with Crippen LogP contribution < -0.4 is 4.74 Å². The summed E-state index contributed by atoms with van der Waals surface area (Å²) in [5.74, 6) is 1.08. The molecule has 2 aromatic rings. The third kappa shape index (κ3) is 2.65. The van der Waals surface area contributed by atoms with Gasteiger partial charge in [0, 0.05) is 30.3 Å². The maximum absolute atomic E-state index is 11.5. The molecule has 1 aromatic heterocycles. The first-order chi connectivity index (χ1) is 9.33. The Kier molecular flexibility index (Phi) is 3.27. The highest BCUT2D eigenvalue weighted by atomic mass is 16.5. The Balaban J connectivity index is 1.61. The average molecular weight is 253 g/mol. The molecule has 0 amide bonds. The summed E-state index contributed by atoms with van der Waals surface area (Å²) >= 11 is 0. The zero-order valence-electron chi connectivity index (χ0n) is 10.6. The van der Waals surface area contributed by atoms with Crippen LogP contribution in [0.2, 0.25) is 0 Å².